The first-order chi connectivity index (χ1) is 9.40. The maximum atomic E-state index is 13.7. The Kier molecular flexibility index (Phi) is 3.92. The van der Waals surface area contributed by atoms with Crippen LogP contribution in [-0.4, -0.2) is 39.6 Å². The zero-order valence-electron chi connectivity index (χ0n) is 11.0. The lowest BCUT2D eigenvalue weighted by atomic mass is 9.92. The minimum atomic E-state index is -1.08. The predicted octanol–water partition coefficient (Wildman–Crippen LogP) is 1.86. The lowest BCUT2D eigenvalue weighted by Gasteiger charge is -2.36. The molecule has 1 saturated heterocycles. The third-order valence-electron chi connectivity index (χ3n) is 3.59. The summed E-state index contributed by atoms with van der Waals surface area (Å²) in [5, 5.41) is 18.4. The van der Waals surface area contributed by atoms with Crippen molar-refractivity contribution in [1.29, 1.82) is 0 Å². The van der Waals surface area contributed by atoms with Gasteiger partial charge in [0.25, 0.3) is 5.91 Å². The molecular weight excluding hydrogens is 265 g/mol. The largest absolute Gasteiger partial charge is 0.508 e. The number of aromatic hydroxyl groups is 1. The minimum absolute atomic E-state index is 0.213. The second kappa shape index (κ2) is 5.48. The first-order valence-electron chi connectivity index (χ1n) is 6.42. The number of carbonyl (C=O) groups is 2. The summed E-state index contributed by atoms with van der Waals surface area (Å²) in [4.78, 5) is 24.7. The first kappa shape index (κ1) is 14.3. The third kappa shape index (κ3) is 2.74. The van der Waals surface area contributed by atoms with Crippen LogP contribution in [0.1, 0.15) is 30.1 Å². The van der Waals surface area contributed by atoms with Gasteiger partial charge in [-0.25, -0.2) is 9.18 Å². The molecule has 1 fully saturated rings. The zero-order chi connectivity index (χ0) is 14.9. The van der Waals surface area contributed by atoms with E-state index in [9.17, 15) is 19.1 Å². The summed E-state index contributed by atoms with van der Waals surface area (Å²) in [5.41, 5.74) is -0.219. The highest BCUT2D eigenvalue weighted by atomic mass is 19.1. The molecule has 2 rings (SSSR count). The molecule has 5 nitrogen and oxygen atoms in total. The Bertz CT molecular complexity index is 546. The Balaban J connectivity index is 2.28. The van der Waals surface area contributed by atoms with Crippen molar-refractivity contribution in [3.63, 3.8) is 0 Å². The van der Waals surface area contributed by atoms with E-state index in [0.717, 1.165) is 6.07 Å². The lowest BCUT2D eigenvalue weighted by molar-refractivity contribution is -0.144. The van der Waals surface area contributed by atoms with Crippen molar-refractivity contribution in [2.75, 3.05) is 6.54 Å². The SMILES string of the molecule is CC1CCN(C(=O)c2ccc(O)cc2F)C(C(=O)O)C1. The number of benzene rings is 1. The van der Waals surface area contributed by atoms with Gasteiger partial charge in [0.2, 0.25) is 0 Å². The third-order valence-corrected chi connectivity index (χ3v) is 3.59. The molecule has 1 aromatic carbocycles. The normalized spacial score (nSPS) is 22.6. The number of nitrogens with zero attached hydrogens (tertiary/aromatic N) is 1. The van der Waals surface area contributed by atoms with E-state index in [2.05, 4.69) is 0 Å². The van der Waals surface area contributed by atoms with E-state index in [0.29, 0.717) is 12.8 Å². The number of carboxylic acid groups (broad SMARTS) is 1. The van der Waals surface area contributed by atoms with Gasteiger partial charge in [-0.1, -0.05) is 6.92 Å². The molecule has 2 N–H and O–H groups in total. The molecule has 0 aromatic heterocycles. The lowest BCUT2D eigenvalue weighted by Crippen LogP contribution is -2.50. The summed E-state index contributed by atoms with van der Waals surface area (Å²) in [7, 11) is 0. The van der Waals surface area contributed by atoms with Crippen LogP contribution in [0.4, 0.5) is 4.39 Å². The molecule has 108 valence electrons. The number of carbonyl (C=O) groups excluding carboxylic acids is 1. The maximum Gasteiger partial charge on any atom is 0.326 e. The summed E-state index contributed by atoms with van der Waals surface area (Å²) in [6.45, 7) is 2.22. The van der Waals surface area contributed by atoms with E-state index in [-0.39, 0.29) is 23.8 Å². The van der Waals surface area contributed by atoms with Crippen LogP contribution in [0.25, 0.3) is 0 Å². The van der Waals surface area contributed by atoms with Crippen molar-refractivity contribution in [3.8, 4) is 5.75 Å². The minimum Gasteiger partial charge on any atom is -0.508 e. The van der Waals surface area contributed by atoms with Crippen LogP contribution >= 0.6 is 0 Å². The highest BCUT2D eigenvalue weighted by molar-refractivity contribution is 5.97. The molecule has 20 heavy (non-hydrogen) atoms. The molecule has 1 heterocycles. The Labute approximate surface area is 115 Å². The van der Waals surface area contributed by atoms with Crippen molar-refractivity contribution in [2.45, 2.75) is 25.8 Å². The van der Waals surface area contributed by atoms with Crippen molar-refractivity contribution in [3.05, 3.63) is 29.6 Å². The molecule has 0 bridgehead atoms. The summed E-state index contributed by atoms with van der Waals surface area (Å²) >= 11 is 0. The van der Waals surface area contributed by atoms with Gasteiger partial charge in [-0.2, -0.15) is 0 Å². The summed E-state index contributed by atoms with van der Waals surface area (Å²) in [5.74, 6) is -2.64. The number of rotatable bonds is 2. The Morgan fingerprint density at radius 1 is 1.40 bits per heavy atom. The molecule has 1 amide bonds. The number of hydrogen-bond acceptors (Lipinski definition) is 3. The van der Waals surface area contributed by atoms with Gasteiger partial charge in [0.15, 0.2) is 0 Å². The van der Waals surface area contributed by atoms with Gasteiger partial charge in [0.1, 0.15) is 17.6 Å². The summed E-state index contributed by atoms with van der Waals surface area (Å²) < 4.78 is 13.7. The molecule has 2 atom stereocenters. The number of phenols is 1. The van der Waals surface area contributed by atoms with Crippen LogP contribution < -0.4 is 0 Å². The van der Waals surface area contributed by atoms with E-state index in [1.165, 1.54) is 17.0 Å². The number of carboxylic acids is 1. The van der Waals surface area contributed by atoms with Gasteiger partial charge >= 0.3 is 5.97 Å². The van der Waals surface area contributed by atoms with Crippen LogP contribution in [0.2, 0.25) is 0 Å². The highest BCUT2D eigenvalue weighted by Gasteiger charge is 2.35. The predicted molar refractivity (Wildman–Crippen MR) is 68.9 cm³/mol. The van der Waals surface area contributed by atoms with E-state index >= 15 is 0 Å². The quantitative estimate of drug-likeness (QED) is 0.867. The molecule has 0 spiro atoms. The average Bonchev–Trinajstić information content (AvgIpc) is 2.37. The topological polar surface area (TPSA) is 77.8 Å². The smallest absolute Gasteiger partial charge is 0.326 e. The molecule has 1 aromatic rings. The van der Waals surface area contributed by atoms with E-state index < -0.39 is 23.7 Å². The average molecular weight is 281 g/mol. The van der Waals surface area contributed by atoms with E-state index in [1.54, 1.807) is 0 Å². The number of piperidine rings is 1. The molecular formula is C14H16FNO4. The van der Waals surface area contributed by atoms with Crippen LogP contribution in [0.3, 0.4) is 0 Å². The summed E-state index contributed by atoms with van der Waals surface area (Å²) in [6, 6.07) is 2.29. The van der Waals surface area contributed by atoms with Gasteiger partial charge in [0, 0.05) is 12.6 Å². The number of aliphatic carboxylic acids is 1. The zero-order valence-corrected chi connectivity index (χ0v) is 11.0. The second-order valence-electron chi connectivity index (χ2n) is 5.15. The standard InChI is InChI=1S/C14H16FNO4/c1-8-4-5-16(12(6-8)14(19)20)13(18)10-3-2-9(17)7-11(10)15/h2-3,7-8,12,17H,4-6H2,1H3,(H,19,20). The van der Waals surface area contributed by atoms with Crippen LogP contribution in [0.15, 0.2) is 18.2 Å². The van der Waals surface area contributed by atoms with Gasteiger partial charge in [-0.3, -0.25) is 4.79 Å². The van der Waals surface area contributed by atoms with Crippen molar-refractivity contribution in [1.82, 2.24) is 4.90 Å². The van der Waals surface area contributed by atoms with Crippen molar-refractivity contribution >= 4 is 11.9 Å². The van der Waals surface area contributed by atoms with Gasteiger partial charge in [-0.05, 0) is 30.9 Å². The first-order valence-corrected chi connectivity index (χ1v) is 6.42. The van der Waals surface area contributed by atoms with Gasteiger partial charge in [0.05, 0.1) is 5.56 Å². The summed E-state index contributed by atoms with van der Waals surface area (Å²) in [6.07, 6.45) is 1.05. The number of halogens is 1. The number of phenolic OH excluding ortho intramolecular Hbond substituents is 1. The molecule has 1 aliphatic rings. The van der Waals surface area contributed by atoms with E-state index in [4.69, 9.17) is 5.11 Å². The highest BCUT2D eigenvalue weighted by Crippen LogP contribution is 2.26. The fourth-order valence-electron chi connectivity index (χ4n) is 2.45. The molecule has 2 unspecified atom stereocenters. The second-order valence-corrected chi connectivity index (χ2v) is 5.15. The van der Waals surface area contributed by atoms with Crippen LogP contribution in [0, 0.1) is 11.7 Å². The number of hydrogen-bond donors (Lipinski definition) is 2. The number of amides is 1. The molecule has 0 saturated carbocycles. The van der Waals surface area contributed by atoms with Gasteiger partial charge < -0.3 is 15.1 Å². The Hall–Kier alpha value is -2.11. The van der Waals surface area contributed by atoms with Crippen molar-refractivity contribution in [2.24, 2.45) is 5.92 Å². The van der Waals surface area contributed by atoms with Crippen LogP contribution in [-0.2, 0) is 4.79 Å². The maximum absolute atomic E-state index is 13.7. The van der Waals surface area contributed by atoms with Crippen LogP contribution in [0.5, 0.6) is 5.75 Å². The van der Waals surface area contributed by atoms with E-state index in [1.807, 2.05) is 6.92 Å². The molecule has 0 aliphatic carbocycles. The number of likely N-dealkylation sites (tertiary alicyclic amines) is 1. The Morgan fingerprint density at radius 3 is 2.70 bits per heavy atom. The molecule has 0 radical (unpaired) electrons. The Morgan fingerprint density at radius 2 is 2.10 bits per heavy atom. The molecule has 1 aliphatic heterocycles. The van der Waals surface area contributed by atoms with Gasteiger partial charge in [-0.15, -0.1) is 0 Å². The molecule has 6 heteroatoms. The monoisotopic (exact) mass is 281 g/mol. The fourth-order valence-corrected chi connectivity index (χ4v) is 2.45. The fraction of sp³-hybridized carbons (Fsp3) is 0.429. The van der Waals surface area contributed by atoms with Crippen molar-refractivity contribution < 1.29 is 24.2 Å².